The minimum atomic E-state index is -0.999. The molecule has 2 aromatic rings. The molecule has 5 nitrogen and oxygen atoms in total. The molecule has 0 saturated heterocycles. The van der Waals surface area contributed by atoms with Gasteiger partial charge in [-0.3, -0.25) is 4.98 Å². The van der Waals surface area contributed by atoms with E-state index in [1.807, 2.05) is 13.0 Å². The summed E-state index contributed by atoms with van der Waals surface area (Å²) >= 11 is 0. The summed E-state index contributed by atoms with van der Waals surface area (Å²) in [5, 5.41) is 12.2. The summed E-state index contributed by atoms with van der Waals surface area (Å²) in [6, 6.07) is 6.72. The fraction of sp³-hybridized carbons (Fsp3) is 0.143. The van der Waals surface area contributed by atoms with Crippen molar-refractivity contribution >= 4 is 17.3 Å². The number of aromatic carboxylic acids is 1. The van der Waals surface area contributed by atoms with E-state index in [9.17, 15) is 4.79 Å². The van der Waals surface area contributed by atoms with Gasteiger partial charge in [-0.15, -0.1) is 0 Å². The number of nitrogens with zero attached hydrogens (tertiary/aromatic N) is 1. The van der Waals surface area contributed by atoms with Crippen LogP contribution in [0.25, 0.3) is 0 Å². The number of carbonyl (C=O) groups is 1. The first-order valence-electron chi connectivity index (χ1n) is 5.84. The predicted octanol–water partition coefficient (Wildman–Crippen LogP) is 2.28. The smallest absolute Gasteiger partial charge is 0.337 e. The van der Waals surface area contributed by atoms with Gasteiger partial charge in [0.2, 0.25) is 0 Å². The summed E-state index contributed by atoms with van der Waals surface area (Å²) in [7, 11) is 0. The van der Waals surface area contributed by atoms with E-state index in [0.717, 1.165) is 11.1 Å². The van der Waals surface area contributed by atoms with Gasteiger partial charge in [0.1, 0.15) is 0 Å². The Bertz CT molecular complexity index is 611. The number of carboxylic acids is 1. The van der Waals surface area contributed by atoms with Gasteiger partial charge in [0.05, 0.1) is 16.9 Å². The molecule has 1 aromatic heterocycles. The van der Waals surface area contributed by atoms with Crippen LogP contribution < -0.4 is 11.1 Å². The zero-order valence-corrected chi connectivity index (χ0v) is 10.6. The second kappa shape index (κ2) is 5.39. The first-order valence-corrected chi connectivity index (χ1v) is 5.84. The number of pyridine rings is 1. The number of para-hydroxylation sites is 1. The van der Waals surface area contributed by atoms with Gasteiger partial charge < -0.3 is 16.2 Å². The van der Waals surface area contributed by atoms with Crippen molar-refractivity contribution in [2.45, 2.75) is 13.5 Å². The van der Waals surface area contributed by atoms with Gasteiger partial charge in [-0.2, -0.15) is 0 Å². The van der Waals surface area contributed by atoms with E-state index < -0.39 is 5.97 Å². The molecule has 98 valence electrons. The van der Waals surface area contributed by atoms with Crippen molar-refractivity contribution in [2.24, 2.45) is 0 Å². The standard InChI is InChI=1S/C14H15N3O2/c1-9-7-16-6-5-10(9)8-17-13-11(14(18)19)3-2-4-12(13)15/h2-7,17H,8,15H2,1H3,(H,18,19). The highest BCUT2D eigenvalue weighted by Crippen LogP contribution is 2.24. The molecule has 0 bridgehead atoms. The van der Waals surface area contributed by atoms with Crippen molar-refractivity contribution in [1.82, 2.24) is 4.98 Å². The molecule has 0 atom stereocenters. The Labute approximate surface area is 111 Å². The van der Waals surface area contributed by atoms with Crippen LogP contribution >= 0.6 is 0 Å². The van der Waals surface area contributed by atoms with Crippen molar-refractivity contribution < 1.29 is 9.90 Å². The average molecular weight is 257 g/mol. The molecule has 5 heteroatoms. The van der Waals surface area contributed by atoms with Crippen LogP contribution in [0.5, 0.6) is 0 Å². The zero-order valence-electron chi connectivity index (χ0n) is 10.6. The second-order valence-electron chi connectivity index (χ2n) is 4.23. The van der Waals surface area contributed by atoms with Crippen molar-refractivity contribution in [3.63, 3.8) is 0 Å². The van der Waals surface area contributed by atoms with Crippen LogP contribution in [0.2, 0.25) is 0 Å². The molecule has 0 fully saturated rings. The number of benzene rings is 1. The van der Waals surface area contributed by atoms with Crippen molar-refractivity contribution in [3.8, 4) is 0 Å². The number of anilines is 2. The molecular formula is C14H15N3O2. The third kappa shape index (κ3) is 2.82. The number of hydrogen-bond acceptors (Lipinski definition) is 4. The number of nitrogens with two attached hydrogens (primary N) is 1. The number of aromatic nitrogens is 1. The summed E-state index contributed by atoms with van der Waals surface area (Å²) in [6.45, 7) is 2.46. The minimum Gasteiger partial charge on any atom is -0.478 e. The number of nitrogens with one attached hydrogen (secondary N) is 1. The molecule has 0 spiro atoms. The van der Waals surface area contributed by atoms with Gasteiger partial charge in [0.25, 0.3) is 0 Å². The first kappa shape index (κ1) is 12.9. The summed E-state index contributed by atoms with van der Waals surface area (Å²) in [5.41, 5.74) is 8.96. The maximum absolute atomic E-state index is 11.1. The molecule has 1 aromatic carbocycles. The van der Waals surface area contributed by atoms with Crippen molar-refractivity contribution in [1.29, 1.82) is 0 Å². The van der Waals surface area contributed by atoms with E-state index >= 15 is 0 Å². The molecule has 1 heterocycles. The Morgan fingerprint density at radius 3 is 2.89 bits per heavy atom. The summed E-state index contributed by atoms with van der Waals surface area (Å²) in [6.07, 6.45) is 3.47. The second-order valence-corrected chi connectivity index (χ2v) is 4.23. The SMILES string of the molecule is Cc1cnccc1CNc1c(N)cccc1C(=O)O. The van der Waals surface area contributed by atoms with Gasteiger partial charge in [0.15, 0.2) is 0 Å². The number of rotatable bonds is 4. The summed E-state index contributed by atoms with van der Waals surface area (Å²) in [5.74, 6) is -0.999. The highest BCUT2D eigenvalue weighted by molar-refractivity contribution is 5.97. The summed E-state index contributed by atoms with van der Waals surface area (Å²) < 4.78 is 0. The largest absolute Gasteiger partial charge is 0.478 e. The third-order valence-corrected chi connectivity index (χ3v) is 2.92. The number of aryl methyl sites for hydroxylation is 1. The molecule has 2 rings (SSSR count). The van der Waals surface area contributed by atoms with Crippen LogP contribution in [0.3, 0.4) is 0 Å². The van der Waals surface area contributed by atoms with Crippen LogP contribution in [-0.4, -0.2) is 16.1 Å². The number of hydrogen-bond donors (Lipinski definition) is 3. The van der Waals surface area contributed by atoms with Gasteiger partial charge in [-0.1, -0.05) is 6.07 Å². The topological polar surface area (TPSA) is 88.2 Å². The molecular weight excluding hydrogens is 242 g/mol. The number of carboxylic acid groups (broad SMARTS) is 1. The lowest BCUT2D eigenvalue weighted by molar-refractivity contribution is 0.0698. The lowest BCUT2D eigenvalue weighted by atomic mass is 10.1. The predicted molar refractivity (Wildman–Crippen MR) is 74.1 cm³/mol. The monoisotopic (exact) mass is 257 g/mol. The van der Waals surface area contributed by atoms with E-state index in [1.165, 1.54) is 6.07 Å². The highest BCUT2D eigenvalue weighted by Gasteiger charge is 2.12. The molecule has 0 unspecified atom stereocenters. The molecule has 4 N–H and O–H groups in total. The lowest BCUT2D eigenvalue weighted by Gasteiger charge is -2.13. The van der Waals surface area contributed by atoms with Crippen LogP contribution in [0.15, 0.2) is 36.7 Å². The minimum absolute atomic E-state index is 0.173. The molecule has 0 aliphatic carbocycles. The lowest BCUT2D eigenvalue weighted by Crippen LogP contribution is -2.09. The maximum Gasteiger partial charge on any atom is 0.337 e. The molecule has 0 aliphatic heterocycles. The Morgan fingerprint density at radius 2 is 2.21 bits per heavy atom. The first-order chi connectivity index (χ1) is 9.09. The highest BCUT2D eigenvalue weighted by atomic mass is 16.4. The normalized spacial score (nSPS) is 10.2. The Morgan fingerprint density at radius 1 is 1.42 bits per heavy atom. The molecule has 0 radical (unpaired) electrons. The van der Waals surface area contributed by atoms with Crippen LogP contribution in [0, 0.1) is 6.92 Å². The van der Waals surface area contributed by atoms with Crippen LogP contribution in [0.1, 0.15) is 21.5 Å². The van der Waals surface area contributed by atoms with E-state index in [1.54, 1.807) is 24.5 Å². The Hall–Kier alpha value is -2.56. The fourth-order valence-electron chi connectivity index (χ4n) is 1.83. The molecule has 0 amide bonds. The van der Waals surface area contributed by atoms with Gasteiger partial charge >= 0.3 is 5.97 Å². The van der Waals surface area contributed by atoms with Gasteiger partial charge in [0, 0.05) is 18.9 Å². The van der Waals surface area contributed by atoms with Crippen molar-refractivity contribution in [2.75, 3.05) is 11.1 Å². The Kier molecular flexibility index (Phi) is 3.66. The molecule has 0 aliphatic rings. The molecule has 0 saturated carbocycles. The van der Waals surface area contributed by atoms with Gasteiger partial charge in [-0.05, 0) is 36.2 Å². The Balaban J connectivity index is 2.25. The van der Waals surface area contributed by atoms with E-state index in [0.29, 0.717) is 17.9 Å². The van der Waals surface area contributed by atoms with E-state index in [-0.39, 0.29) is 5.56 Å². The van der Waals surface area contributed by atoms with Crippen LogP contribution in [-0.2, 0) is 6.54 Å². The number of nitrogen functional groups attached to an aromatic ring is 1. The summed E-state index contributed by atoms with van der Waals surface area (Å²) in [4.78, 5) is 15.2. The fourth-order valence-corrected chi connectivity index (χ4v) is 1.83. The quantitative estimate of drug-likeness (QED) is 0.731. The maximum atomic E-state index is 11.1. The third-order valence-electron chi connectivity index (χ3n) is 2.92. The van der Waals surface area contributed by atoms with Crippen LogP contribution in [0.4, 0.5) is 11.4 Å². The zero-order chi connectivity index (χ0) is 13.8. The van der Waals surface area contributed by atoms with E-state index in [2.05, 4.69) is 10.3 Å². The van der Waals surface area contributed by atoms with Crippen molar-refractivity contribution in [3.05, 3.63) is 53.3 Å². The average Bonchev–Trinajstić information content (AvgIpc) is 2.38. The van der Waals surface area contributed by atoms with E-state index in [4.69, 9.17) is 10.8 Å². The van der Waals surface area contributed by atoms with Gasteiger partial charge in [-0.25, -0.2) is 4.79 Å². The molecule has 19 heavy (non-hydrogen) atoms.